The van der Waals surface area contributed by atoms with E-state index < -0.39 is 0 Å². The fourth-order valence-corrected chi connectivity index (χ4v) is 3.99. The Labute approximate surface area is 195 Å². The number of ether oxygens (including phenoxy) is 1. The Morgan fingerprint density at radius 2 is 1.67 bits per heavy atom. The predicted molar refractivity (Wildman–Crippen MR) is 133 cm³/mol. The van der Waals surface area contributed by atoms with Crippen LogP contribution >= 0.6 is 0 Å². The summed E-state index contributed by atoms with van der Waals surface area (Å²) < 4.78 is 7.43. The molecule has 4 rings (SSSR count). The van der Waals surface area contributed by atoms with Crippen LogP contribution < -0.4 is 10.1 Å². The van der Waals surface area contributed by atoms with Gasteiger partial charge in [0.15, 0.2) is 0 Å². The molecule has 0 fully saturated rings. The Morgan fingerprint density at radius 3 is 2.36 bits per heavy atom. The van der Waals surface area contributed by atoms with E-state index in [9.17, 15) is 4.79 Å². The van der Waals surface area contributed by atoms with Gasteiger partial charge in [0.1, 0.15) is 11.6 Å². The number of benzene rings is 3. The summed E-state index contributed by atoms with van der Waals surface area (Å²) in [5.41, 5.74) is 5.65. The topological polar surface area (TPSA) is 56.1 Å². The number of rotatable bonds is 9. The number of hydrogen-bond donors (Lipinski definition) is 1. The molecule has 0 aliphatic rings. The van der Waals surface area contributed by atoms with Gasteiger partial charge in [-0.05, 0) is 46.9 Å². The number of nitrogens with zero attached hydrogens (tertiary/aromatic N) is 2. The van der Waals surface area contributed by atoms with Crippen molar-refractivity contribution in [2.24, 2.45) is 0 Å². The summed E-state index contributed by atoms with van der Waals surface area (Å²) in [5, 5.41) is 3.04. The third kappa shape index (κ3) is 5.61. The second-order valence-electron chi connectivity index (χ2n) is 8.62. The summed E-state index contributed by atoms with van der Waals surface area (Å²) >= 11 is 0. The highest BCUT2D eigenvalue weighted by Crippen LogP contribution is 2.20. The first-order chi connectivity index (χ1) is 16.0. The number of amides is 1. The fraction of sp³-hybridized carbons (Fsp3) is 0.286. The van der Waals surface area contributed by atoms with Gasteiger partial charge in [-0.1, -0.05) is 62.4 Å². The monoisotopic (exact) mass is 441 g/mol. The zero-order valence-corrected chi connectivity index (χ0v) is 19.5. The van der Waals surface area contributed by atoms with Crippen LogP contribution in [0.15, 0.2) is 72.8 Å². The van der Waals surface area contributed by atoms with E-state index in [1.165, 1.54) is 11.1 Å². The molecule has 5 nitrogen and oxygen atoms in total. The van der Waals surface area contributed by atoms with E-state index in [2.05, 4.69) is 54.1 Å². The lowest BCUT2D eigenvalue weighted by molar-refractivity contribution is -0.120. The predicted octanol–water partition coefficient (Wildman–Crippen LogP) is 5.12. The summed E-state index contributed by atoms with van der Waals surface area (Å²) in [6.07, 6.45) is 1.02. The summed E-state index contributed by atoms with van der Waals surface area (Å²) in [7, 11) is 1.63. The molecule has 0 atom stereocenters. The molecule has 0 saturated carbocycles. The van der Waals surface area contributed by atoms with Gasteiger partial charge in [-0.2, -0.15) is 0 Å². The van der Waals surface area contributed by atoms with Crippen molar-refractivity contribution in [1.82, 2.24) is 14.9 Å². The molecule has 0 spiro atoms. The van der Waals surface area contributed by atoms with Crippen LogP contribution in [0.2, 0.25) is 0 Å². The van der Waals surface area contributed by atoms with Gasteiger partial charge in [0.05, 0.1) is 24.6 Å². The van der Waals surface area contributed by atoms with Crippen LogP contribution in [-0.4, -0.2) is 29.1 Å². The molecule has 5 heteroatoms. The van der Waals surface area contributed by atoms with Gasteiger partial charge in [-0.3, -0.25) is 4.79 Å². The summed E-state index contributed by atoms with van der Waals surface area (Å²) in [6.45, 7) is 5.72. The maximum atomic E-state index is 12.4. The Balaban J connectivity index is 1.43. The maximum Gasteiger partial charge on any atom is 0.224 e. The third-order valence-electron chi connectivity index (χ3n) is 5.92. The quantitative estimate of drug-likeness (QED) is 0.392. The van der Waals surface area contributed by atoms with Crippen molar-refractivity contribution >= 4 is 16.9 Å². The van der Waals surface area contributed by atoms with E-state index >= 15 is 0 Å². The smallest absolute Gasteiger partial charge is 0.224 e. The molecule has 1 N–H and O–H groups in total. The molecule has 0 aliphatic carbocycles. The van der Waals surface area contributed by atoms with Crippen molar-refractivity contribution < 1.29 is 9.53 Å². The second-order valence-corrected chi connectivity index (χ2v) is 8.62. The van der Waals surface area contributed by atoms with Gasteiger partial charge < -0.3 is 14.6 Å². The molecule has 170 valence electrons. The number of fused-ring (bicyclic) bond motifs is 1. The SMILES string of the molecule is COc1ccc(CC(=O)NCCc2nc3ccccc3n2Cc2ccc(C(C)C)cc2)cc1. The molecule has 0 saturated heterocycles. The van der Waals surface area contributed by atoms with Crippen LogP contribution in [0.1, 0.15) is 42.3 Å². The van der Waals surface area contributed by atoms with E-state index in [4.69, 9.17) is 9.72 Å². The molecule has 0 bridgehead atoms. The van der Waals surface area contributed by atoms with Gasteiger partial charge in [0, 0.05) is 19.5 Å². The van der Waals surface area contributed by atoms with Crippen molar-refractivity contribution in [2.75, 3.05) is 13.7 Å². The lowest BCUT2D eigenvalue weighted by atomic mass is 10.0. The standard InChI is InChI=1S/C28H31N3O2/c1-20(2)23-12-8-22(9-13-23)19-31-26-7-5-4-6-25(26)30-27(31)16-17-29-28(32)18-21-10-14-24(33-3)15-11-21/h4-15,20H,16-19H2,1-3H3,(H,29,32). The zero-order chi connectivity index (χ0) is 23.2. The number of aromatic nitrogens is 2. The number of hydrogen-bond acceptors (Lipinski definition) is 3. The molecule has 0 radical (unpaired) electrons. The van der Waals surface area contributed by atoms with Crippen LogP contribution in [0.25, 0.3) is 11.0 Å². The minimum Gasteiger partial charge on any atom is -0.497 e. The van der Waals surface area contributed by atoms with E-state index in [1.807, 2.05) is 42.5 Å². The Hall–Kier alpha value is -3.60. The molecule has 1 heterocycles. The number of imidazole rings is 1. The van der Waals surface area contributed by atoms with Crippen molar-refractivity contribution in [3.63, 3.8) is 0 Å². The lowest BCUT2D eigenvalue weighted by Gasteiger charge is -2.12. The highest BCUT2D eigenvalue weighted by Gasteiger charge is 2.12. The summed E-state index contributed by atoms with van der Waals surface area (Å²) in [5.74, 6) is 2.29. The number of nitrogens with one attached hydrogen (secondary N) is 1. The maximum absolute atomic E-state index is 12.4. The zero-order valence-electron chi connectivity index (χ0n) is 19.5. The van der Waals surface area contributed by atoms with Crippen molar-refractivity contribution in [3.8, 4) is 5.75 Å². The van der Waals surface area contributed by atoms with Crippen molar-refractivity contribution in [1.29, 1.82) is 0 Å². The van der Waals surface area contributed by atoms with Crippen molar-refractivity contribution in [3.05, 3.63) is 95.3 Å². The normalized spacial score (nSPS) is 11.2. The molecule has 1 aromatic heterocycles. The van der Waals surface area contributed by atoms with Crippen LogP contribution in [0.4, 0.5) is 0 Å². The van der Waals surface area contributed by atoms with Crippen molar-refractivity contribution in [2.45, 2.75) is 39.2 Å². The third-order valence-corrected chi connectivity index (χ3v) is 5.92. The highest BCUT2D eigenvalue weighted by molar-refractivity contribution is 5.78. The molecule has 0 aliphatic heterocycles. The molecule has 1 amide bonds. The highest BCUT2D eigenvalue weighted by atomic mass is 16.5. The van der Waals surface area contributed by atoms with Crippen LogP contribution in [0.5, 0.6) is 5.75 Å². The molecule has 33 heavy (non-hydrogen) atoms. The average Bonchev–Trinajstić information content (AvgIpc) is 3.17. The van der Waals surface area contributed by atoms with Gasteiger partial charge in [-0.15, -0.1) is 0 Å². The van der Waals surface area contributed by atoms with Crippen LogP contribution in [0, 0.1) is 0 Å². The number of para-hydroxylation sites is 2. The van der Waals surface area contributed by atoms with Gasteiger partial charge in [-0.25, -0.2) is 4.98 Å². The summed E-state index contributed by atoms with van der Waals surface area (Å²) in [6, 6.07) is 24.6. The molecular weight excluding hydrogens is 410 g/mol. The molecule has 0 unspecified atom stereocenters. The first-order valence-electron chi connectivity index (χ1n) is 11.5. The molecule has 4 aromatic rings. The number of carbonyl (C=O) groups is 1. The lowest BCUT2D eigenvalue weighted by Crippen LogP contribution is -2.28. The Morgan fingerprint density at radius 1 is 0.970 bits per heavy atom. The van der Waals surface area contributed by atoms with Gasteiger partial charge in [0.25, 0.3) is 0 Å². The van der Waals surface area contributed by atoms with E-state index in [-0.39, 0.29) is 5.91 Å². The Bertz CT molecular complexity index is 1210. The van der Waals surface area contributed by atoms with E-state index in [1.54, 1.807) is 7.11 Å². The molecular formula is C28H31N3O2. The largest absolute Gasteiger partial charge is 0.497 e. The van der Waals surface area contributed by atoms with Crippen LogP contribution in [-0.2, 0) is 24.2 Å². The van der Waals surface area contributed by atoms with Gasteiger partial charge in [0.2, 0.25) is 5.91 Å². The Kier molecular flexibility index (Phi) is 7.08. The number of methoxy groups -OCH3 is 1. The first-order valence-corrected chi connectivity index (χ1v) is 11.5. The fourth-order valence-electron chi connectivity index (χ4n) is 3.99. The second kappa shape index (κ2) is 10.3. The minimum absolute atomic E-state index is 0.00658. The van der Waals surface area contributed by atoms with E-state index in [0.717, 1.165) is 34.7 Å². The first kappa shape index (κ1) is 22.6. The van der Waals surface area contributed by atoms with Crippen LogP contribution in [0.3, 0.4) is 0 Å². The minimum atomic E-state index is 0.00658. The number of carbonyl (C=O) groups excluding carboxylic acids is 1. The van der Waals surface area contributed by atoms with E-state index in [0.29, 0.717) is 25.3 Å². The average molecular weight is 442 g/mol. The van der Waals surface area contributed by atoms with Gasteiger partial charge >= 0.3 is 0 Å². The molecule has 3 aromatic carbocycles. The summed E-state index contributed by atoms with van der Waals surface area (Å²) in [4.78, 5) is 17.3.